The van der Waals surface area contributed by atoms with Crippen LogP contribution in [0.5, 0.6) is 0 Å². The first kappa shape index (κ1) is 23.4. The molecule has 0 aliphatic carbocycles. The van der Waals surface area contributed by atoms with Crippen LogP contribution in [0.4, 0.5) is 14.6 Å². The molecule has 3 rings (SSSR count). The number of pyridine rings is 1. The highest BCUT2D eigenvalue weighted by atomic mass is 19.1. The lowest BCUT2D eigenvalue weighted by atomic mass is 9.90. The number of benzene rings is 1. The molecule has 1 aromatic carbocycles. The molecule has 2 amide bonds. The van der Waals surface area contributed by atoms with Crippen LogP contribution >= 0.6 is 0 Å². The van der Waals surface area contributed by atoms with Gasteiger partial charge in [-0.15, -0.1) is 0 Å². The molecular formula is C22H24F2N4O4. The first-order valence-corrected chi connectivity index (χ1v) is 10.3. The highest BCUT2D eigenvalue weighted by Crippen LogP contribution is 2.29. The predicted octanol–water partition coefficient (Wildman–Crippen LogP) is 2.49. The summed E-state index contributed by atoms with van der Waals surface area (Å²) in [5, 5.41) is 30.0. The van der Waals surface area contributed by atoms with Crippen molar-refractivity contribution >= 4 is 23.3 Å². The number of anilines is 1. The Morgan fingerprint density at radius 2 is 1.94 bits per heavy atom. The summed E-state index contributed by atoms with van der Waals surface area (Å²) < 4.78 is 26.8. The number of aromatic nitrogens is 1. The number of nitrogens with zero attached hydrogens (tertiary/aromatic N) is 2. The summed E-state index contributed by atoms with van der Waals surface area (Å²) in [5.74, 6) is -5.29. The summed E-state index contributed by atoms with van der Waals surface area (Å²) in [7, 11) is 0. The molecule has 32 heavy (non-hydrogen) atoms. The van der Waals surface area contributed by atoms with Gasteiger partial charge in [-0.05, 0) is 37.0 Å². The van der Waals surface area contributed by atoms with Crippen LogP contribution < -0.4 is 10.4 Å². The topological polar surface area (TPSA) is 127 Å². The first-order valence-electron chi connectivity index (χ1n) is 10.3. The second-order valence-corrected chi connectivity index (χ2v) is 7.55. The van der Waals surface area contributed by atoms with E-state index in [1.807, 2.05) is 0 Å². The number of fused-ring (bicyclic) bond motifs is 1. The summed E-state index contributed by atoms with van der Waals surface area (Å²) in [6.45, 7) is -0.165. The maximum absolute atomic E-state index is 13.8. The number of hydroxylamine groups is 1. The Bertz CT molecular complexity index is 1030. The number of amides is 2. The van der Waals surface area contributed by atoms with Crippen molar-refractivity contribution in [1.29, 1.82) is 5.41 Å². The predicted molar refractivity (Wildman–Crippen MR) is 111 cm³/mol. The molecule has 1 aliphatic rings. The normalized spacial score (nSPS) is 15.6. The van der Waals surface area contributed by atoms with Gasteiger partial charge in [-0.3, -0.25) is 14.8 Å². The zero-order valence-electron chi connectivity index (χ0n) is 17.3. The number of rotatable bonds is 9. The Morgan fingerprint density at radius 1 is 1.19 bits per heavy atom. The minimum Gasteiger partial charge on any atom is -0.396 e. The molecule has 0 saturated heterocycles. The third-order valence-electron chi connectivity index (χ3n) is 5.26. The molecule has 170 valence electrons. The largest absolute Gasteiger partial charge is 0.396 e. The van der Waals surface area contributed by atoms with E-state index in [0.717, 1.165) is 37.3 Å². The molecule has 1 aromatic heterocycles. The summed E-state index contributed by atoms with van der Waals surface area (Å²) in [6, 6.07) is 4.51. The average molecular weight is 446 g/mol. The Balaban J connectivity index is 1.72. The number of carbonyl (C=O) groups is 2. The molecule has 2 heterocycles. The van der Waals surface area contributed by atoms with Gasteiger partial charge < -0.3 is 15.8 Å². The van der Waals surface area contributed by atoms with Gasteiger partial charge in [-0.1, -0.05) is 18.9 Å². The van der Waals surface area contributed by atoms with Crippen LogP contribution in [0.1, 0.15) is 42.4 Å². The van der Waals surface area contributed by atoms with Gasteiger partial charge in [0.15, 0.2) is 11.7 Å². The quantitative estimate of drug-likeness (QED) is 0.267. The van der Waals surface area contributed by atoms with Gasteiger partial charge in [0, 0.05) is 36.5 Å². The van der Waals surface area contributed by atoms with Gasteiger partial charge in [0.2, 0.25) is 5.91 Å². The van der Waals surface area contributed by atoms with Gasteiger partial charge in [-0.2, -0.15) is 5.06 Å². The van der Waals surface area contributed by atoms with Crippen LogP contribution in [0, 0.1) is 23.0 Å². The standard InChI is InChI=1S/C22H24F2N4O4/c23-15-7-6-14(17(24)10-15)12-27-21(30)18-19(25)16-9-13(5-3-1-2-4-8-29)11-26-20(16)28(32)22(18)31/h6-7,9-11,18,25,29,32H,1-5,8,12H2,(H,27,30). The first-order chi connectivity index (χ1) is 15.3. The third-order valence-corrected chi connectivity index (χ3v) is 5.26. The molecule has 1 unspecified atom stereocenters. The minimum atomic E-state index is -1.63. The average Bonchev–Trinajstić information content (AvgIpc) is 2.77. The van der Waals surface area contributed by atoms with E-state index in [0.29, 0.717) is 12.5 Å². The molecule has 0 saturated carbocycles. The minimum absolute atomic E-state index is 0.0148. The van der Waals surface area contributed by atoms with Crippen molar-refractivity contribution in [3.8, 4) is 0 Å². The fraction of sp³-hybridized carbons (Fsp3) is 0.364. The number of hydrogen-bond acceptors (Lipinski definition) is 6. The SMILES string of the molecule is N=C1c2cc(CCCCCCO)cnc2N(O)C(=O)C1C(=O)NCc1ccc(F)cc1F. The molecular weight excluding hydrogens is 422 g/mol. The number of unbranched alkanes of at least 4 members (excludes halogenated alkanes) is 3. The van der Waals surface area contributed by atoms with Gasteiger partial charge in [0.1, 0.15) is 11.6 Å². The lowest BCUT2D eigenvalue weighted by Gasteiger charge is -2.29. The van der Waals surface area contributed by atoms with Crippen molar-refractivity contribution in [1.82, 2.24) is 10.3 Å². The summed E-state index contributed by atoms with van der Waals surface area (Å²) in [5.41, 5.74) is 0.642. The number of aliphatic hydroxyl groups excluding tert-OH is 1. The Kier molecular flexibility index (Phi) is 7.60. The summed E-state index contributed by atoms with van der Waals surface area (Å²) in [4.78, 5) is 29.2. The van der Waals surface area contributed by atoms with E-state index in [4.69, 9.17) is 10.5 Å². The number of carbonyl (C=O) groups excluding carboxylic acids is 2. The number of halogens is 2. The molecule has 8 nitrogen and oxygen atoms in total. The van der Waals surface area contributed by atoms with Crippen molar-refractivity contribution in [3.05, 3.63) is 58.8 Å². The van der Waals surface area contributed by atoms with Crippen molar-refractivity contribution in [2.45, 2.75) is 38.6 Å². The molecule has 0 fully saturated rings. The molecule has 1 aliphatic heterocycles. The van der Waals surface area contributed by atoms with Crippen molar-refractivity contribution in [2.75, 3.05) is 11.7 Å². The Labute approximate surface area is 183 Å². The summed E-state index contributed by atoms with van der Waals surface area (Å²) >= 11 is 0. The highest BCUT2D eigenvalue weighted by molar-refractivity contribution is 6.30. The number of nitrogens with one attached hydrogen (secondary N) is 2. The maximum atomic E-state index is 13.8. The molecule has 1 atom stereocenters. The van der Waals surface area contributed by atoms with Gasteiger partial charge in [-0.25, -0.2) is 13.8 Å². The van der Waals surface area contributed by atoms with Crippen LogP contribution in [-0.2, 0) is 22.6 Å². The van der Waals surface area contributed by atoms with Crippen molar-refractivity contribution in [2.24, 2.45) is 5.92 Å². The second-order valence-electron chi connectivity index (χ2n) is 7.55. The van der Waals surface area contributed by atoms with Crippen molar-refractivity contribution < 1.29 is 28.7 Å². The smallest absolute Gasteiger partial charge is 0.270 e. The maximum Gasteiger partial charge on any atom is 0.270 e. The second kappa shape index (κ2) is 10.4. The summed E-state index contributed by atoms with van der Waals surface area (Å²) in [6.07, 6.45) is 5.52. The van der Waals surface area contributed by atoms with E-state index >= 15 is 0 Å². The van der Waals surface area contributed by atoms with E-state index in [9.17, 15) is 23.6 Å². The molecule has 0 spiro atoms. The van der Waals surface area contributed by atoms with E-state index in [1.54, 1.807) is 6.07 Å². The zero-order valence-corrected chi connectivity index (χ0v) is 17.3. The highest BCUT2D eigenvalue weighted by Gasteiger charge is 2.42. The van der Waals surface area contributed by atoms with Crippen molar-refractivity contribution in [3.63, 3.8) is 0 Å². The van der Waals surface area contributed by atoms with Crippen LogP contribution in [0.25, 0.3) is 0 Å². The molecule has 2 aromatic rings. The van der Waals surface area contributed by atoms with E-state index in [2.05, 4.69) is 10.3 Å². The van der Waals surface area contributed by atoms with Gasteiger partial charge in [0.05, 0.1) is 5.71 Å². The van der Waals surface area contributed by atoms with Gasteiger partial charge >= 0.3 is 0 Å². The van der Waals surface area contributed by atoms with Crippen LogP contribution in [0.3, 0.4) is 0 Å². The van der Waals surface area contributed by atoms with E-state index < -0.39 is 29.4 Å². The zero-order chi connectivity index (χ0) is 23.3. The third kappa shape index (κ3) is 5.14. The molecule has 0 radical (unpaired) electrons. The van der Waals surface area contributed by atoms with E-state index in [-0.39, 0.29) is 40.9 Å². The van der Waals surface area contributed by atoms with Crippen LogP contribution in [0.2, 0.25) is 0 Å². The molecule has 4 N–H and O–H groups in total. The fourth-order valence-corrected chi connectivity index (χ4v) is 3.50. The van der Waals surface area contributed by atoms with Crippen LogP contribution in [-0.4, -0.2) is 39.4 Å². The Morgan fingerprint density at radius 3 is 2.66 bits per heavy atom. The number of hydrogen-bond donors (Lipinski definition) is 4. The number of aryl methyl sites for hydroxylation is 1. The molecule has 10 heteroatoms. The fourth-order valence-electron chi connectivity index (χ4n) is 3.50. The lowest BCUT2D eigenvalue weighted by Crippen LogP contribution is -2.50. The monoisotopic (exact) mass is 446 g/mol. The number of aliphatic hydroxyl groups is 1. The Hall–Kier alpha value is -3.24. The lowest BCUT2D eigenvalue weighted by molar-refractivity contribution is -0.134. The van der Waals surface area contributed by atoms with E-state index in [1.165, 1.54) is 12.3 Å². The molecule has 0 bridgehead atoms. The van der Waals surface area contributed by atoms with Crippen LogP contribution in [0.15, 0.2) is 30.5 Å². The van der Waals surface area contributed by atoms with Gasteiger partial charge in [0.25, 0.3) is 5.91 Å².